The van der Waals surface area contributed by atoms with Gasteiger partial charge in [-0.25, -0.2) is 5.43 Å². The molecule has 0 radical (unpaired) electrons. The average Bonchev–Trinajstić information content (AvgIpc) is 2.91. The van der Waals surface area contributed by atoms with Crippen molar-refractivity contribution >= 4 is 49.6 Å². The van der Waals surface area contributed by atoms with E-state index in [-0.39, 0.29) is 5.91 Å². The highest BCUT2D eigenvalue weighted by molar-refractivity contribution is 9.10. The number of nitrogens with one attached hydrogen (secondary N) is 1. The molecule has 1 amide bonds. The number of methoxy groups -OCH3 is 1. The molecule has 5 nitrogen and oxygen atoms in total. The molecule has 6 heteroatoms. The number of nitrogens with zero attached hydrogens (tertiary/aromatic N) is 1. The van der Waals surface area contributed by atoms with Crippen LogP contribution in [0.3, 0.4) is 0 Å². The fourth-order valence-corrected chi connectivity index (χ4v) is 4.66. The molecule has 0 fully saturated rings. The molecule has 5 aromatic carbocycles. The lowest BCUT2D eigenvalue weighted by Crippen LogP contribution is -2.17. The third kappa shape index (κ3) is 5.09. The Balaban J connectivity index is 1.29. The van der Waals surface area contributed by atoms with Gasteiger partial charge in [0.15, 0.2) is 11.5 Å². The van der Waals surface area contributed by atoms with Gasteiger partial charge in [0.25, 0.3) is 5.91 Å². The molecule has 0 unspecified atom stereocenters. The maximum absolute atomic E-state index is 12.6. The summed E-state index contributed by atoms with van der Waals surface area (Å²) in [5.41, 5.74) is 4.97. The van der Waals surface area contributed by atoms with Crippen molar-refractivity contribution < 1.29 is 14.3 Å². The number of carbonyl (C=O) groups excluding carboxylic acids is 1. The van der Waals surface area contributed by atoms with Gasteiger partial charge in [-0.2, -0.15) is 5.10 Å². The lowest BCUT2D eigenvalue weighted by atomic mass is 10.1. The molecule has 0 aliphatic carbocycles. The predicted molar refractivity (Wildman–Crippen MR) is 148 cm³/mol. The number of fused-ring (bicyclic) bond motifs is 2. The number of hydrogen-bond donors (Lipinski definition) is 1. The second-order valence-electron chi connectivity index (χ2n) is 8.22. The molecule has 0 aromatic heterocycles. The van der Waals surface area contributed by atoms with Crippen LogP contribution in [0.1, 0.15) is 21.5 Å². The Kier molecular flexibility index (Phi) is 6.96. The Hall–Kier alpha value is -4.16. The zero-order chi connectivity index (χ0) is 24.9. The summed E-state index contributed by atoms with van der Waals surface area (Å²) < 4.78 is 12.5. The maximum atomic E-state index is 12.6. The summed E-state index contributed by atoms with van der Waals surface area (Å²) in [5, 5.41) is 8.53. The summed E-state index contributed by atoms with van der Waals surface area (Å²) in [6.07, 6.45) is 1.57. The van der Waals surface area contributed by atoms with Crippen molar-refractivity contribution in [2.45, 2.75) is 6.61 Å². The van der Waals surface area contributed by atoms with Crippen molar-refractivity contribution in [3.8, 4) is 11.5 Å². The van der Waals surface area contributed by atoms with E-state index < -0.39 is 0 Å². The van der Waals surface area contributed by atoms with Crippen LogP contribution < -0.4 is 14.9 Å². The van der Waals surface area contributed by atoms with Gasteiger partial charge in [0.05, 0.1) is 17.8 Å². The molecule has 0 heterocycles. The Morgan fingerprint density at radius 3 is 2.47 bits per heavy atom. The first-order chi connectivity index (χ1) is 17.6. The van der Waals surface area contributed by atoms with Gasteiger partial charge in [-0.15, -0.1) is 0 Å². The van der Waals surface area contributed by atoms with E-state index in [2.05, 4.69) is 50.7 Å². The zero-order valence-corrected chi connectivity index (χ0v) is 21.2. The normalized spacial score (nSPS) is 11.2. The Bertz CT molecular complexity index is 1590. The molecule has 0 saturated carbocycles. The largest absolute Gasteiger partial charge is 0.493 e. The molecule has 0 atom stereocenters. The highest BCUT2D eigenvalue weighted by Gasteiger charge is 2.13. The van der Waals surface area contributed by atoms with Gasteiger partial charge in [0.2, 0.25) is 0 Å². The minimum absolute atomic E-state index is 0.280. The molecular formula is C30H23BrN2O3. The predicted octanol–water partition coefficient (Wildman–Crippen LogP) is 7.11. The van der Waals surface area contributed by atoms with E-state index >= 15 is 0 Å². The monoisotopic (exact) mass is 538 g/mol. The second-order valence-corrected chi connectivity index (χ2v) is 9.08. The Morgan fingerprint density at radius 1 is 0.889 bits per heavy atom. The van der Waals surface area contributed by atoms with Crippen LogP contribution in [-0.4, -0.2) is 19.2 Å². The van der Waals surface area contributed by atoms with Crippen molar-refractivity contribution in [3.63, 3.8) is 0 Å². The maximum Gasteiger partial charge on any atom is 0.271 e. The molecule has 1 N–H and O–H groups in total. The molecule has 0 aliphatic rings. The van der Waals surface area contributed by atoms with Gasteiger partial charge < -0.3 is 9.47 Å². The van der Waals surface area contributed by atoms with Crippen LogP contribution in [0.25, 0.3) is 21.5 Å². The van der Waals surface area contributed by atoms with Crippen molar-refractivity contribution in [1.82, 2.24) is 5.43 Å². The fourth-order valence-electron chi connectivity index (χ4n) is 4.08. The van der Waals surface area contributed by atoms with E-state index in [1.165, 1.54) is 5.39 Å². The molecule has 178 valence electrons. The zero-order valence-electron chi connectivity index (χ0n) is 19.6. The average molecular weight is 539 g/mol. The summed E-state index contributed by atoms with van der Waals surface area (Å²) in [6, 6.07) is 31.5. The third-order valence-corrected chi connectivity index (χ3v) is 6.48. The van der Waals surface area contributed by atoms with Crippen molar-refractivity contribution in [2.75, 3.05) is 7.11 Å². The van der Waals surface area contributed by atoms with Gasteiger partial charge in [0.1, 0.15) is 6.61 Å². The van der Waals surface area contributed by atoms with Crippen molar-refractivity contribution in [2.24, 2.45) is 5.10 Å². The molecule has 36 heavy (non-hydrogen) atoms. The van der Waals surface area contributed by atoms with Crippen LogP contribution in [0.15, 0.2) is 107 Å². The van der Waals surface area contributed by atoms with Crippen LogP contribution in [-0.2, 0) is 6.61 Å². The molecule has 5 aromatic rings. The summed E-state index contributed by atoms with van der Waals surface area (Å²) in [7, 11) is 1.59. The molecule has 0 aliphatic heterocycles. The SMILES string of the molecule is COc1cc(/C=N\NC(=O)c2ccc3ccccc3c2)cc(Br)c1OCc1cccc2ccccc12. The summed E-state index contributed by atoms with van der Waals surface area (Å²) in [4.78, 5) is 12.6. The number of benzene rings is 5. The van der Waals surface area contributed by atoms with Crippen LogP contribution >= 0.6 is 15.9 Å². The molecule has 5 rings (SSSR count). The number of rotatable bonds is 7. The molecular weight excluding hydrogens is 516 g/mol. The van der Waals surface area contributed by atoms with E-state index in [1.807, 2.05) is 66.7 Å². The van der Waals surface area contributed by atoms with Crippen LogP contribution in [0.4, 0.5) is 0 Å². The second kappa shape index (κ2) is 10.6. The summed E-state index contributed by atoms with van der Waals surface area (Å²) >= 11 is 3.59. The number of halogens is 1. The van der Waals surface area contributed by atoms with Gasteiger partial charge in [0, 0.05) is 5.56 Å². The number of hydrogen-bond acceptors (Lipinski definition) is 4. The first kappa shape index (κ1) is 23.6. The topological polar surface area (TPSA) is 59.9 Å². The minimum atomic E-state index is -0.280. The molecule has 0 bridgehead atoms. The lowest BCUT2D eigenvalue weighted by molar-refractivity contribution is 0.0955. The fraction of sp³-hybridized carbons (Fsp3) is 0.0667. The van der Waals surface area contributed by atoms with Crippen LogP contribution in [0, 0.1) is 0 Å². The smallest absolute Gasteiger partial charge is 0.271 e. The number of hydrazone groups is 1. The highest BCUT2D eigenvalue weighted by atomic mass is 79.9. The Labute approximate surface area is 217 Å². The van der Waals surface area contributed by atoms with Crippen LogP contribution in [0.2, 0.25) is 0 Å². The van der Waals surface area contributed by atoms with Gasteiger partial charge in [-0.1, -0.05) is 72.8 Å². The van der Waals surface area contributed by atoms with Crippen LogP contribution in [0.5, 0.6) is 11.5 Å². The Morgan fingerprint density at radius 2 is 1.64 bits per heavy atom. The summed E-state index contributed by atoms with van der Waals surface area (Å²) in [6.45, 7) is 0.394. The van der Waals surface area contributed by atoms with Gasteiger partial charge in [-0.05, 0) is 72.9 Å². The van der Waals surface area contributed by atoms with E-state index in [4.69, 9.17) is 9.47 Å². The first-order valence-corrected chi connectivity index (χ1v) is 12.2. The quantitative estimate of drug-likeness (QED) is 0.177. The first-order valence-electron chi connectivity index (χ1n) is 11.4. The van der Waals surface area contributed by atoms with Gasteiger partial charge >= 0.3 is 0 Å². The van der Waals surface area contributed by atoms with E-state index in [9.17, 15) is 4.79 Å². The van der Waals surface area contributed by atoms with E-state index in [0.717, 1.165) is 31.8 Å². The number of ether oxygens (including phenoxy) is 2. The van der Waals surface area contributed by atoms with Crippen molar-refractivity contribution in [3.05, 3.63) is 118 Å². The number of carbonyl (C=O) groups is 1. The highest BCUT2D eigenvalue weighted by Crippen LogP contribution is 2.37. The van der Waals surface area contributed by atoms with Crippen molar-refractivity contribution in [1.29, 1.82) is 0 Å². The standard InChI is InChI=1S/C30H23BrN2O3/c1-35-28-16-20(18-32-33-30(34)24-14-13-21-7-2-3-9-23(21)17-24)15-27(31)29(28)36-19-25-11-6-10-22-8-4-5-12-26(22)25/h2-18H,19H2,1H3,(H,33,34)/b32-18-. The molecule has 0 saturated heterocycles. The minimum Gasteiger partial charge on any atom is -0.493 e. The van der Waals surface area contributed by atoms with E-state index in [1.54, 1.807) is 19.4 Å². The van der Waals surface area contributed by atoms with E-state index in [0.29, 0.717) is 23.7 Å². The lowest BCUT2D eigenvalue weighted by Gasteiger charge is -2.14. The summed E-state index contributed by atoms with van der Waals surface area (Å²) in [5.74, 6) is 0.882. The molecule has 0 spiro atoms. The third-order valence-electron chi connectivity index (χ3n) is 5.90. The van der Waals surface area contributed by atoms with Gasteiger partial charge in [-0.3, -0.25) is 4.79 Å². The number of amides is 1.